The van der Waals surface area contributed by atoms with Crippen molar-refractivity contribution in [1.82, 2.24) is 15.0 Å². The number of nitrogens with one attached hydrogen (secondary N) is 1. The molecule has 43 heavy (non-hydrogen) atoms. The number of rotatable bonds is 9. The molecule has 1 aliphatic rings. The van der Waals surface area contributed by atoms with E-state index >= 15 is 0 Å². The van der Waals surface area contributed by atoms with E-state index in [0.29, 0.717) is 34.7 Å². The zero-order valence-corrected chi connectivity index (χ0v) is 23.6. The molecule has 0 bridgehead atoms. The number of benzene rings is 3. The van der Waals surface area contributed by atoms with Gasteiger partial charge in [-0.1, -0.05) is 18.2 Å². The molecule has 1 aliphatic carbocycles. The molecule has 1 amide bonds. The number of nitro groups is 1. The van der Waals surface area contributed by atoms with Crippen LogP contribution < -0.4 is 14.9 Å². The summed E-state index contributed by atoms with van der Waals surface area (Å²) >= 11 is 0. The molecular weight excluding hydrogens is 554 g/mol. The van der Waals surface area contributed by atoms with E-state index in [9.17, 15) is 20.0 Å². The van der Waals surface area contributed by atoms with Gasteiger partial charge >= 0.3 is 5.69 Å². The zero-order valence-electron chi connectivity index (χ0n) is 23.6. The number of carbonyl (C=O) groups is 1. The number of aromatic nitrogens is 2. The number of aromatic hydroxyl groups is 1. The lowest BCUT2D eigenvalue weighted by atomic mass is 9.93. The number of methoxy groups -OCH3 is 2. The molecule has 5 aromatic rings. The maximum Gasteiger partial charge on any atom is 0.315 e. The highest BCUT2D eigenvalue weighted by molar-refractivity contribution is 6.05. The summed E-state index contributed by atoms with van der Waals surface area (Å²) < 4.78 is 18.5. The van der Waals surface area contributed by atoms with Gasteiger partial charge in [0.15, 0.2) is 11.5 Å². The van der Waals surface area contributed by atoms with Gasteiger partial charge in [-0.15, -0.1) is 0 Å². The summed E-state index contributed by atoms with van der Waals surface area (Å²) in [4.78, 5) is 28.9. The highest BCUT2D eigenvalue weighted by Gasteiger charge is 2.27. The van der Waals surface area contributed by atoms with E-state index in [1.807, 2.05) is 47.0 Å². The summed E-state index contributed by atoms with van der Waals surface area (Å²) in [6.45, 7) is -0.0854. The van der Waals surface area contributed by atoms with E-state index in [0.717, 1.165) is 53.6 Å². The Hall–Kier alpha value is -5.39. The number of hydrazone groups is 1. The number of phenols is 1. The van der Waals surface area contributed by atoms with Gasteiger partial charge < -0.3 is 23.6 Å². The lowest BCUT2D eigenvalue weighted by Gasteiger charge is -2.11. The van der Waals surface area contributed by atoms with Crippen molar-refractivity contribution in [3.63, 3.8) is 0 Å². The molecule has 0 spiro atoms. The Kier molecular flexibility index (Phi) is 7.41. The average Bonchev–Trinajstić information content (AvgIpc) is 3.55. The second kappa shape index (κ2) is 11.5. The maximum atomic E-state index is 13.1. The quantitative estimate of drug-likeness (QED) is 0.139. The molecule has 12 heteroatoms. The van der Waals surface area contributed by atoms with Gasteiger partial charge in [0, 0.05) is 23.8 Å². The minimum Gasteiger partial charge on any atom is -0.502 e. The fraction of sp³-hybridized carbons (Fsp3) is 0.258. The Morgan fingerprint density at radius 1 is 1.16 bits per heavy atom. The fourth-order valence-electron chi connectivity index (χ4n) is 5.66. The Morgan fingerprint density at radius 2 is 1.95 bits per heavy atom. The second-order valence-corrected chi connectivity index (χ2v) is 10.3. The average molecular weight is 584 g/mol. The molecule has 12 nitrogen and oxygen atoms in total. The molecule has 2 heterocycles. The van der Waals surface area contributed by atoms with E-state index in [2.05, 4.69) is 10.5 Å². The Bertz CT molecular complexity index is 1910. The van der Waals surface area contributed by atoms with Crippen LogP contribution in [0.1, 0.15) is 41.1 Å². The van der Waals surface area contributed by atoms with Crippen LogP contribution in [-0.4, -0.2) is 45.9 Å². The predicted octanol–water partition coefficient (Wildman–Crippen LogP) is 5.03. The van der Waals surface area contributed by atoms with Gasteiger partial charge in [0.25, 0.3) is 5.91 Å². The van der Waals surface area contributed by atoms with Crippen molar-refractivity contribution < 1.29 is 28.7 Å². The Balaban J connectivity index is 1.28. The number of amides is 1. The number of furan rings is 1. The fourth-order valence-corrected chi connectivity index (χ4v) is 5.66. The molecule has 0 saturated carbocycles. The number of hydrogen-bond donors (Lipinski definition) is 2. The number of hydrogen-bond acceptors (Lipinski definition) is 9. The third-order valence-electron chi connectivity index (χ3n) is 7.66. The van der Waals surface area contributed by atoms with Crippen molar-refractivity contribution in [3.8, 4) is 17.2 Å². The number of ether oxygens (including phenoxy) is 2. The van der Waals surface area contributed by atoms with Crippen LogP contribution in [0.3, 0.4) is 0 Å². The molecule has 2 N–H and O–H groups in total. The first-order valence-corrected chi connectivity index (χ1v) is 13.8. The first kappa shape index (κ1) is 27.8. The summed E-state index contributed by atoms with van der Waals surface area (Å²) in [6, 6.07) is 14.4. The highest BCUT2D eigenvalue weighted by Crippen LogP contribution is 2.41. The van der Waals surface area contributed by atoms with Gasteiger partial charge in [0.2, 0.25) is 5.75 Å². The van der Waals surface area contributed by atoms with Gasteiger partial charge in [-0.25, -0.2) is 10.4 Å². The van der Waals surface area contributed by atoms with Gasteiger partial charge in [-0.2, -0.15) is 5.10 Å². The SMILES string of the molecule is COc1ccc(Cc2nc3ccccc3n2CC(=O)N/N=C\c2c(O)c([N+](=O)[O-])cc3oc4c(c23)CCCC4)cc1OC. The number of phenolic OH excluding ortho intramolecular Hbond substituents is 1. The van der Waals surface area contributed by atoms with Crippen LogP contribution in [0, 0.1) is 10.1 Å². The van der Waals surface area contributed by atoms with Crippen LogP contribution in [0.5, 0.6) is 17.2 Å². The van der Waals surface area contributed by atoms with Gasteiger partial charge in [-0.3, -0.25) is 14.9 Å². The summed E-state index contributed by atoms with van der Waals surface area (Å²) in [6.07, 6.45) is 5.01. The Labute approximate surface area is 245 Å². The van der Waals surface area contributed by atoms with Crippen molar-refractivity contribution in [2.24, 2.45) is 5.10 Å². The molecule has 6 rings (SSSR count). The predicted molar refractivity (Wildman–Crippen MR) is 159 cm³/mol. The van der Waals surface area contributed by atoms with Crippen LogP contribution in [0.4, 0.5) is 5.69 Å². The van der Waals surface area contributed by atoms with E-state index in [-0.39, 0.29) is 12.1 Å². The number of imidazole rings is 1. The van der Waals surface area contributed by atoms with Crippen molar-refractivity contribution in [1.29, 1.82) is 0 Å². The third kappa shape index (κ3) is 5.23. The van der Waals surface area contributed by atoms with Crippen LogP contribution in [0.2, 0.25) is 0 Å². The van der Waals surface area contributed by atoms with E-state index in [1.54, 1.807) is 14.2 Å². The molecule has 0 atom stereocenters. The number of nitrogens with zero attached hydrogens (tertiary/aromatic N) is 4. The van der Waals surface area contributed by atoms with Crippen molar-refractivity contribution in [2.45, 2.75) is 38.6 Å². The summed E-state index contributed by atoms with van der Waals surface area (Å²) in [5.74, 6) is 1.65. The van der Waals surface area contributed by atoms with Crippen molar-refractivity contribution in [3.05, 3.63) is 86.9 Å². The molecule has 0 fully saturated rings. The number of fused-ring (bicyclic) bond motifs is 4. The molecule has 0 radical (unpaired) electrons. The minimum atomic E-state index is -0.670. The molecule has 220 valence electrons. The van der Waals surface area contributed by atoms with Crippen molar-refractivity contribution in [2.75, 3.05) is 14.2 Å². The molecule has 0 unspecified atom stereocenters. The molecule has 2 aromatic heterocycles. The first-order valence-electron chi connectivity index (χ1n) is 13.8. The third-order valence-corrected chi connectivity index (χ3v) is 7.66. The van der Waals surface area contributed by atoms with Crippen LogP contribution in [0.15, 0.2) is 58.0 Å². The van der Waals surface area contributed by atoms with Crippen LogP contribution in [0.25, 0.3) is 22.0 Å². The van der Waals surface area contributed by atoms with Gasteiger partial charge in [0.1, 0.15) is 23.7 Å². The number of carbonyl (C=O) groups excluding carboxylic acids is 1. The van der Waals surface area contributed by atoms with E-state index in [1.165, 1.54) is 12.3 Å². The first-order chi connectivity index (χ1) is 20.9. The number of aryl methyl sites for hydroxylation is 2. The molecular formula is C31H29N5O7. The van der Waals surface area contributed by atoms with E-state index in [4.69, 9.17) is 18.9 Å². The smallest absolute Gasteiger partial charge is 0.315 e. The lowest BCUT2D eigenvalue weighted by Crippen LogP contribution is -2.24. The summed E-state index contributed by atoms with van der Waals surface area (Å²) in [7, 11) is 3.14. The lowest BCUT2D eigenvalue weighted by molar-refractivity contribution is -0.385. The Morgan fingerprint density at radius 3 is 2.74 bits per heavy atom. The highest BCUT2D eigenvalue weighted by atomic mass is 16.6. The second-order valence-electron chi connectivity index (χ2n) is 10.3. The molecule has 0 aliphatic heterocycles. The summed E-state index contributed by atoms with van der Waals surface area (Å²) in [5.41, 5.74) is 5.81. The maximum absolute atomic E-state index is 13.1. The normalized spacial score (nSPS) is 13.0. The number of para-hydroxylation sites is 2. The van der Waals surface area contributed by atoms with E-state index < -0.39 is 22.3 Å². The number of nitro benzene ring substituents is 1. The van der Waals surface area contributed by atoms with Gasteiger partial charge in [0.05, 0.1) is 48.0 Å². The summed E-state index contributed by atoms with van der Waals surface area (Å²) in [5, 5.41) is 27.1. The monoisotopic (exact) mass is 583 g/mol. The topological polar surface area (TPSA) is 154 Å². The zero-order chi connectivity index (χ0) is 30.1. The molecule has 0 saturated heterocycles. The minimum absolute atomic E-state index is 0.0854. The van der Waals surface area contributed by atoms with Crippen LogP contribution in [-0.2, 0) is 30.6 Å². The standard InChI is InChI=1S/C31H29N5O7/c1-41-25-12-11-18(13-26(25)42-2)14-28-33-21-8-4-5-9-22(21)35(28)17-29(37)34-32-16-20-30-19-7-3-6-10-24(19)43-27(30)15-23(31(20)38)36(39)40/h4-5,8-9,11-13,15-16,38H,3,6-7,10,14,17H2,1-2H3,(H,34,37)/b32-16-. The van der Waals surface area contributed by atoms with Crippen LogP contribution >= 0.6 is 0 Å². The molecule has 3 aromatic carbocycles. The van der Waals surface area contributed by atoms with Gasteiger partial charge in [-0.05, 0) is 49.1 Å². The largest absolute Gasteiger partial charge is 0.502 e. The van der Waals surface area contributed by atoms with Crippen molar-refractivity contribution >= 4 is 39.8 Å².